The molecule has 3 amide bonds. The summed E-state index contributed by atoms with van der Waals surface area (Å²) in [4.78, 5) is 47.7. The lowest BCUT2D eigenvalue weighted by Crippen LogP contribution is -2.47. The molecular formula is C24H27F3N6O5S. The zero-order valence-corrected chi connectivity index (χ0v) is 22.0. The number of halogens is 3. The topological polar surface area (TPSA) is 139 Å². The fraction of sp³-hybridized carbons (Fsp3) is 0.458. The highest BCUT2D eigenvalue weighted by molar-refractivity contribution is 7.07. The van der Waals surface area contributed by atoms with Gasteiger partial charge in [0, 0.05) is 31.6 Å². The molecule has 4 rings (SSSR count). The molecule has 0 atom stereocenters. The lowest BCUT2D eigenvalue weighted by molar-refractivity contribution is -0.153. The Hall–Kier alpha value is -3.72. The highest BCUT2D eigenvalue weighted by Crippen LogP contribution is 2.36. The molecule has 1 aliphatic heterocycles. The molecule has 0 unspecified atom stereocenters. The first-order valence-electron chi connectivity index (χ1n) is 12.1. The number of hydrogen-bond acceptors (Lipinski definition) is 8. The van der Waals surface area contributed by atoms with Crippen LogP contribution < -0.4 is 15.4 Å². The second-order valence-corrected chi connectivity index (χ2v) is 9.68. The van der Waals surface area contributed by atoms with Crippen LogP contribution in [0.1, 0.15) is 46.4 Å². The Balaban J connectivity index is 1.68. The Bertz CT molecular complexity index is 1370. The molecule has 3 aromatic rings. The third-order valence-electron chi connectivity index (χ3n) is 6.36. The second-order valence-electron chi connectivity index (χ2n) is 8.96. The number of thiazole rings is 1. The zero-order chi connectivity index (χ0) is 28.3. The molecule has 0 bridgehead atoms. The standard InChI is InChI=1S/C24H27F3N6O5S/c1-3-15-16(31-22(36)17-10-39-12-28-17)8-14-20(38-11-24(25,26)27)19(32(2)21(14)30-15)23(37)29-13-4-6-33(7-5-13)18(35)9-34/h8,10,12-13,34H,3-7,9,11H2,1-2H3,(H,29,37)(H,31,36). The van der Waals surface area contributed by atoms with Crippen LogP contribution in [0.15, 0.2) is 17.0 Å². The minimum atomic E-state index is -4.67. The number of carbonyl (C=O) groups is 3. The summed E-state index contributed by atoms with van der Waals surface area (Å²) < 4.78 is 46.0. The van der Waals surface area contributed by atoms with E-state index in [0.29, 0.717) is 38.0 Å². The summed E-state index contributed by atoms with van der Waals surface area (Å²) in [5, 5.41) is 16.3. The fourth-order valence-electron chi connectivity index (χ4n) is 4.42. The lowest BCUT2D eigenvalue weighted by atomic mass is 10.0. The molecule has 39 heavy (non-hydrogen) atoms. The van der Waals surface area contributed by atoms with Gasteiger partial charge in [0.2, 0.25) is 5.91 Å². The molecule has 0 radical (unpaired) electrons. The number of rotatable bonds is 8. The van der Waals surface area contributed by atoms with Crippen molar-refractivity contribution in [3.8, 4) is 5.75 Å². The summed E-state index contributed by atoms with van der Waals surface area (Å²) >= 11 is 1.24. The minimum absolute atomic E-state index is 0.126. The first kappa shape index (κ1) is 28.3. The predicted molar refractivity (Wildman–Crippen MR) is 136 cm³/mol. The van der Waals surface area contributed by atoms with Crippen LogP contribution >= 0.6 is 11.3 Å². The molecule has 1 aliphatic rings. The molecule has 15 heteroatoms. The maximum absolute atomic E-state index is 13.4. The van der Waals surface area contributed by atoms with Gasteiger partial charge in [0.15, 0.2) is 18.1 Å². The smallest absolute Gasteiger partial charge is 0.422 e. The van der Waals surface area contributed by atoms with E-state index >= 15 is 0 Å². The number of aromatic nitrogens is 3. The maximum Gasteiger partial charge on any atom is 0.422 e. The van der Waals surface area contributed by atoms with Gasteiger partial charge in [0.1, 0.15) is 17.9 Å². The molecule has 0 spiro atoms. The largest absolute Gasteiger partial charge is 0.481 e. The van der Waals surface area contributed by atoms with E-state index in [2.05, 4.69) is 20.6 Å². The van der Waals surface area contributed by atoms with E-state index in [1.54, 1.807) is 12.3 Å². The van der Waals surface area contributed by atoms with Gasteiger partial charge in [0.05, 0.1) is 22.3 Å². The molecule has 4 heterocycles. The predicted octanol–water partition coefficient (Wildman–Crippen LogP) is 2.50. The lowest BCUT2D eigenvalue weighted by Gasteiger charge is -2.32. The number of pyridine rings is 1. The van der Waals surface area contributed by atoms with Gasteiger partial charge < -0.3 is 29.9 Å². The van der Waals surface area contributed by atoms with E-state index in [9.17, 15) is 27.6 Å². The quantitative estimate of drug-likeness (QED) is 0.380. The van der Waals surface area contributed by atoms with Crippen molar-refractivity contribution >= 4 is 45.8 Å². The Labute approximate surface area is 225 Å². The highest BCUT2D eigenvalue weighted by Gasteiger charge is 2.33. The van der Waals surface area contributed by atoms with Crippen LogP contribution in [0.25, 0.3) is 11.0 Å². The van der Waals surface area contributed by atoms with Crippen molar-refractivity contribution < 1.29 is 37.4 Å². The minimum Gasteiger partial charge on any atom is -0.481 e. The Morgan fingerprint density at radius 1 is 1.23 bits per heavy atom. The van der Waals surface area contributed by atoms with Gasteiger partial charge in [0.25, 0.3) is 11.8 Å². The number of piperidine rings is 1. The van der Waals surface area contributed by atoms with Gasteiger partial charge >= 0.3 is 6.18 Å². The van der Waals surface area contributed by atoms with E-state index < -0.39 is 37.1 Å². The van der Waals surface area contributed by atoms with Gasteiger partial charge in [-0.25, -0.2) is 9.97 Å². The number of nitrogens with one attached hydrogen (secondary N) is 2. The summed E-state index contributed by atoms with van der Waals surface area (Å²) in [6.45, 7) is 0.203. The number of ether oxygens (including phenoxy) is 1. The van der Waals surface area contributed by atoms with Gasteiger partial charge in [-0.15, -0.1) is 11.3 Å². The molecule has 3 N–H and O–H groups in total. The van der Waals surface area contributed by atoms with Crippen molar-refractivity contribution in [2.24, 2.45) is 7.05 Å². The second kappa shape index (κ2) is 11.6. The van der Waals surface area contributed by atoms with Crippen LogP contribution in [0.3, 0.4) is 0 Å². The van der Waals surface area contributed by atoms with Gasteiger partial charge in [-0.1, -0.05) is 6.92 Å². The van der Waals surface area contributed by atoms with E-state index in [1.807, 2.05) is 0 Å². The first-order valence-corrected chi connectivity index (χ1v) is 13.1. The SMILES string of the molecule is CCc1nc2c(cc1NC(=O)c1cscn1)c(OCC(F)(F)F)c(C(=O)NC1CCN(C(=O)CO)CC1)n2C. The van der Waals surface area contributed by atoms with E-state index in [0.717, 1.165) is 0 Å². The number of fused-ring (bicyclic) bond motifs is 1. The van der Waals surface area contributed by atoms with Gasteiger partial charge in [-0.05, 0) is 25.3 Å². The molecule has 11 nitrogen and oxygen atoms in total. The van der Waals surface area contributed by atoms with Crippen LogP contribution in [-0.2, 0) is 18.3 Å². The van der Waals surface area contributed by atoms with E-state index in [-0.39, 0.29) is 39.9 Å². The molecule has 0 aromatic carbocycles. The summed E-state index contributed by atoms with van der Waals surface area (Å²) in [5.74, 6) is -1.89. The van der Waals surface area contributed by atoms with Crippen LogP contribution in [0, 0.1) is 0 Å². The third-order valence-corrected chi connectivity index (χ3v) is 6.94. The number of amides is 3. The highest BCUT2D eigenvalue weighted by atomic mass is 32.1. The maximum atomic E-state index is 13.4. The number of aryl methyl sites for hydroxylation is 2. The zero-order valence-electron chi connectivity index (χ0n) is 21.2. The summed E-state index contributed by atoms with van der Waals surface area (Å²) in [7, 11) is 1.50. The van der Waals surface area contributed by atoms with Crippen molar-refractivity contribution in [2.75, 3.05) is 31.6 Å². The first-order chi connectivity index (χ1) is 18.5. The molecule has 210 valence electrons. The molecule has 0 aliphatic carbocycles. The Morgan fingerprint density at radius 2 is 1.95 bits per heavy atom. The van der Waals surface area contributed by atoms with Gasteiger partial charge in [-0.2, -0.15) is 13.2 Å². The van der Waals surface area contributed by atoms with Crippen LogP contribution in [0.2, 0.25) is 0 Å². The summed E-state index contributed by atoms with van der Waals surface area (Å²) in [6, 6.07) is 1.10. The fourth-order valence-corrected chi connectivity index (χ4v) is 4.95. The van der Waals surface area contributed by atoms with Crippen molar-refractivity contribution in [3.05, 3.63) is 34.0 Å². The summed E-state index contributed by atoms with van der Waals surface area (Å²) in [6.07, 6.45) is -3.46. The molecule has 1 saturated heterocycles. The van der Waals surface area contributed by atoms with Crippen molar-refractivity contribution in [1.82, 2.24) is 24.8 Å². The normalized spacial score (nSPS) is 14.5. The van der Waals surface area contributed by atoms with Crippen molar-refractivity contribution in [3.63, 3.8) is 0 Å². The Morgan fingerprint density at radius 3 is 2.54 bits per heavy atom. The Kier molecular flexibility index (Phi) is 8.39. The van der Waals surface area contributed by atoms with Gasteiger partial charge in [-0.3, -0.25) is 14.4 Å². The summed E-state index contributed by atoms with van der Waals surface area (Å²) in [5.41, 5.74) is 2.46. The van der Waals surface area contributed by atoms with Crippen LogP contribution in [0.4, 0.5) is 18.9 Å². The molecular weight excluding hydrogens is 541 g/mol. The number of alkyl halides is 3. The number of anilines is 1. The molecule has 3 aromatic heterocycles. The average molecular weight is 569 g/mol. The van der Waals surface area contributed by atoms with Crippen molar-refractivity contribution in [1.29, 1.82) is 0 Å². The average Bonchev–Trinajstić information content (AvgIpc) is 3.53. The number of aliphatic hydroxyl groups is 1. The monoisotopic (exact) mass is 568 g/mol. The number of carbonyl (C=O) groups excluding carboxylic acids is 3. The van der Waals surface area contributed by atoms with Crippen molar-refractivity contribution in [2.45, 2.75) is 38.4 Å². The molecule has 0 saturated carbocycles. The number of aliphatic hydroxyl groups excluding tert-OH is 1. The number of hydrogen-bond donors (Lipinski definition) is 3. The number of likely N-dealkylation sites (tertiary alicyclic amines) is 1. The number of nitrogens with zero attached hydrogens (tertiary/aromatic N) is 4. The third kappa shape index (κ3) is 6.30. The van der Waals surface area contributed by atoms with Crippen LogP contribution in [0.5, 0.6) is 5.75 Å². The van der Waals surface area contributed by atoms with Crippen LogP contribution in [-0.4, -0.2) is 80.8 Å². The van der Waals surface area contributed by atoms with E-state index in [1.165, 1.54) is 39.4 Å². The molecule has 1 fully saturated rings. The van der Waals surface area contributed by atoms with E-state index in [4.69, 9.17) is 9.84 Å².